The minimum Gasteiger partial charge on any atom is -0.472 e. The summed E-state index contributed by atoms with van der Waals surface area (Å²) < 4.78 is 10.0. The van der Waals surface area contributed by atoms with Crippen molar-refractivity contribution in [3.8, 4) is 0 Å². The highest BCUT2D eigenvalue weighted by atomic mass is 16.6. The van der Waals surface area contributed by atoms with E-state index in [1.807, 2.05) is 33.8 Å². The number of furan rings is 1. The Morgan fingerprint density at radius 3 is 2.69 bits per heavy atom. The Morgan fingerprint density at radius 1 is 1.50 bits per heavy atom. The molecule has 0 saturated carbocycles. The molecule has 0 aromatic carbocycles. The van der Waals surface area contributed by atoms with Crippen molar-refractivity contribution in [1.29, 1.82) is 0 Å². The molecule has 0 aliphatic rings. The van der Waals surface area contributed by atoms with E-state index in [1.54, 1.807) is 12.5 Å². The molecule has 0 spiro atoms. The van der Waals surface area contributed by atoms with Gasteiger partial charge in [-0.3, -0.25) is 5.43 Å². The summed E-state index contributed by atoms with van der Waals surface area (Å²) in [6.45, 7) is 7.34. The number of ether oxygens (including phenoxy) is 1. The third kappa shape index (κ3) is 4.35. The van der Waals surface area contributed by atoms with Crippen LogP contribution >= 0.6 is 0 Å². The highest BCUT2D eigenvalue weighted by Crippen LogP contribution is 2.11. The Labute approximate surface area is 95.1 Å². The third-order valence-electron chi connectivity index (χ3n) is 1.83. The highest BCUT2D eigenvalue weighted by Gasteiger charge is 2.16. The molecule has 1 heterocycles. The zero-order valence-electron chi connectivity index (χ0n) is 10.0. The van der Waals surface area contributed by atoms with Crippen LogP contribution in [0.2, 0.25) is 0 Å². The number of rotatable bonds is 3. The van der Waals surface area contributed by atoms with Crippen molar-refractivity contribution in [3.05, 3.63) is 24.2 Å². The molecule has 1 unspecified atom stereocenters. The van der Waals surface area contributed by atoms with Gasteiger partial charge in [-0.05, 0) is 33.8 Å². The first-order chi connectivity index (χ1) is 7.38. The molecule has 0 radical (unpaired) electrons. The van der Waals surface area contributed by atoms with Crippen LogP contribution in [-0.4, -0.2) is 11.7 Å². The Morgan fingerprint density at radius 2 is 2.19 bits per heavy atom. The molecule has 0 bridgehead atoms. The van der Waals surface area contributed by atoms with E-state index < -0.39 is 11.7 Å². The van der Waals surface area contributed by atoms with Gasteiger partial charge >= 0.3 is 6.09 Å². The predicted molar refractivity (Wildman–Crippen MR) is 59.6 cm³/mol. The fourth-order valence-corrected chi connectivity index (χ4v) is 1.08. The SMILES string of the molecule is CC(NNC(=O)OC(C)(C)C)c1ccoc1. The first kappa shape index (κ1) is 12.6. The van der Waals surface area contributed by atoms with Crippen LogP contribution in [0.1, 0.15) is 39.3 Å². The lowest BCUT2D eigenvalue weighted by Crippen LogP contribution is -2.42. The van der Waals surface area contributed by atoms with Crippen LogP contribution in [0.3, 0.4) is 0 Å². The van der Waals surface area contributed by atoms with E-state index in [1.165, 1.54) is 0 Å². The Kier molecular flexibility index (Phi) is 3.95. The minimum absolute atomic E-state index is 0.0359. The summed E-state index contributed by atoms with van der Waals surface area (Å²) in [5, 5.41) is 0. The van der Waals surface area contributed by atoms with Gasteiger partial charge in [-0.25, -0.2) is 10.2 Å². The Balaban J connectivity index is 2.32. The molecule has 90 valence electrons. The summed E-state index contributed by atoms with van der Waals surface area (Å²) in [7, 11) is 0. The van der Waals surface area contributed by atoms with E-state index >= 15 is 0 Å². The van der Waals surface area contributed by atoms with E-state index in [-0.39, 0.29) is 6.04 Å². The van der Waals surface area contributed by atoms with E-state index in [2.05, 4.69) is 10.9 Å². The fourth-order valence-electron chi connectivity index (χ4n) is 1.08. The summed E-state index contributed by atoms with van der Waals surface area (Å²) in [4.78, 5) is 11.3. The van der Waals surface area contributed by atoms with Crippen LogP contribution < -0.4 is 10.9 Å². The highest BCUT2D eigenvalue weighted by molar-refractivity contribution is 5.67. The van der Waals surface area contributed by atoms with Crippen molar-refractivity contribution in [2.75, 3.05) is 0 Å². The molecule has 0 saturated heterocycles. The van der Waals surface area contributed by atoms with Crippen LogP contribution in [-0.2, 0) is 4.74 Å². The molecule has 0 aliphatic heterocycles. The molecule has 1 rings (SSSR count). The molecule has 5 nitrogen and oxygen atoms in total. The lowest BCUT2D eigenvalue weighted by Gasteiger charge is -2.21. The van der Waals surface area contributed by atoms with Crippen molar-refractivity contribution in [1.82, 2.24) is 10.9 Å². The maximum absolute atomic E-state index is 11.3. The van der Waals surface area contributed by atoms with Gasteiger partial charge in [0.25, 0.3) is 0 Å². The maximum atomic E-state index is 11.3. The number of carbonyl (C=O) groups is 1. The zero-order valence-corrected chi connectivity index (χ0v) is 10.0. The number of nitrogens with one attached hydrogen (secondary N) is 2. The lowest BCUT2D eigenvalue weighted by molar-refractivity contribution is 0.0489. The zero-order chi connectivity index (χ0) is 12.2. The van der Waals surface area contributed by atoms with Gasteiger partial charge in [-0.15, -0.1) is 0 Å². The molecule has 0 aliphatic carbocycles. The van der Waals surface area contributed by atoms with Gasteiger partial charge in [0, 0.05) is 5.56 Å². The number of carbonyl (C=O) groups excluding carboxylic acids is 1. The van der Waals surface area contributed by atoms with Crippen molar-refractivity contribution in [2.45, 2.75) is 39.3 Å². The number of amides is 1. The van der Waals surface area contributed by atoms with E-state index in [9.17, 15) is 4.79 Å². The molecule has 16 heavy (non-hydrogen) atoms. The second-order valence-corrected chi connectivity index (χ2v) is 4.55. The molecule has 1 amide bonds. The van der Waals surface area contributed by atoms with Crippen LogP contribution in [0, 0.1) is 0 Å². The largest absolute Gasteiger partial charge is 0.472 e. The minimum atomic E-state index is -0.497. The normalized spacial score (nSPS) is 13.2. The number of hydrogen-bond acceptors (Lipinski definition) is 4. The topological polar surface area (TPSA) is 63.5 Å². The number of hydrazine groups is 1. The van der Waals surface area contributed by atoms with E-state index in [0.29, 0.717) is 0 Å². The smallest absolute Gasteiger partial charge is 0.422 e. The summed E-state index contributed by atoms with van der Waals surface area (Å²) in [5.74, 6) is 0. The second kappa shape index (κ2) is 5.03. The molecule has 2 N–H and O–H groups in total. The van der Waals surface area contributed by atoms with Gasteiger partial charge in [-0.2, -0.15) is 0 Å². The Bertz CT molecular complexity index is 327. The fraction of sp³-hybridized carbons (Fsp3) is 0.545. The van der Waals surface area contributed by atoms with Gasteiger partial charge in [0.2, 0.25) is 0 Å². The lowest BCUT2D eigenvalue weighted by atomic mass is 10.2. The van der Waals surface area contributed by atoms with Gasteiger partial charge in [0.05, 0.1) is 18.6 Å². The van der Waals surface area contributed by atoms with Crippen molar-refractivity contribution in [2.24, 2.45) is 0 Å². The first-order valence-electron chi connectivity index (χ1n) is 5.15. The van der Waals surface area contributed by atoms with E-state index in [4.69, 9.17) is 9.15 Å². The maximum Gasteiger partial charge on any atom is 0.422 e. The average molecular weight is 226 g/mol. The summed E-state index contributed by atoms with van der Waals surface area (Å²) in [5.41, 5.74) is 5.76. The van der Waals surface area contributed by atoms with Gasteiger partial charge in [-0.1, -0.05) is 0 Å². The molecule has 1 aromatic rings. The van der Waals surface area contributed by atoms with Gasteiger partial charge in [0.1, 0.15) is 5.60 Å². The molecule has 1 aromatic heterocycles. The summed E-state index contributed by atoms with van der Waals surface area (Å²) in [6, 6.07) is 1.79. The van der Waals surface area contributed by atoms with Gasteiger partial charge in [0.15, 0.2) is 0 Å². The summed E-state index contributed by atoms with van der Waals surface area (Å²) in [6.07, 6.45) is 2.71. The Hall–Kier alpha value is -1.49. The second-order valence-electron chi connectivity index (χ2n) is 4.55. The van der Waals surface area contributed by atoms with Crippen LogP contribution in [0.4, 0.5) is 4.79 Å². The number of hydrogen-bond donors (Lipinski definition) is 2. The third-order valence-corrected chi connectivity index (χ3v) is 1.83. The summed E-state index contributed by atoms with van der Waals surface area (Å²) >= 11 is 0. The standard InChI is InChI=1S/C11H18N2O3/c1-8(9-5-6-15-7-9)12-13-10(14)16-11(2,3)4/h5-8,12H,1-4H3,(H,13,14). The molecular formula is C11H18N2O3. The molecule has 5 heteroatoms. The molecule has 1 atom stereocenters. The van der Waals surface area contributed by atoms with E-state index in [0.717, 1.165) is 5.56 Å². The molecular weight excluding hydrogens is 208 g/mol. The van der Waals surface area contributed by atoms with Crippen molar-refractivity contribution in [3.63, 3.8) is 0 Å². The van der Waals surface area contributed by atoms with Crippen LogP contribution in [0.25, 0.3) is 0 Å². The quantitative estimate of drug-likeness (QED) is 0.777. The van der Waals surface area contributed by atoms with Crippen molar-refractivity contribution >= 4 is 6.09 Å². The van der Waals surface area contributed by atoms with Crippen molar-refractivity contribution < 1.29 is 13.9 Å². The average Bonchev–Trinajstić information content (AvgIpc) is 2.64. The predicted octanol–water partition coefficient (Wildman–Crippen LogP) is 2.37. The molecule has 0 fully saturated rings. The first-order valence-corrected chi connectivity index (χ1v) is 5.15. The van der Waals surface area contributed by atoms with Crippen LogP contribution in [0.5, 0.6) is 0 Å². The van der Waals surface area contributed by atoms with Crippen LogP contribution in [0.15, 0.2) is 23.0 Å². The monoisotopic (exact) mass is 226 g/mol. The van der Waals surface area contributed by atoms with Gasteiger partial charge < -0.3 is 9.15 Å².